The molecule has 1 amide bonds. The van der Waals surface area contributed by atoms with Gasteiger partial charge in [0.15, 0.2) is 5.79 Å². The van der Waals surface area contributed by atoms with Crippen LogP contribution in [0.5, 0.6) is 11.5 Å². The summed E-state index contributed by atoms with van der Waals surface area (Å²) >= 11 is 0. The summed E-state index contributed by atoms with van der Waals surface area (Å²) in [6.07, 6.45) is 1.54. The van der Waals surface area contributed by atoms with Gasteiger partial charge in [-0.1, -0.05) is 6.92 Å². The first-order valence-corrected chi connectivity index (χ1v) is 24.2. The van der Waals surface area contributed by atoms with Gasteiger partial charge in [-0.05, 0) is 98.8 Å². The second-order valence-electron chi connectivity index (χ2n) is 18.7. The summed E-state index contributed by atoms with van der Waals surface area (Å²) in [5.74, 6) is -2.84. The Balaban J connectivity index is 0.880. The van der Waals surface area contributed by atoms with Gasteiger partial charge in [0.2, 0.25) is 12.0 Å². The molecule has 358 valence electrons. The minimum absolute atomic E-state index is 0.00135. The fraction of sp³-hybridized carbons (Fsp3) is 0.522. The van der Waals surface area contributed by atoms with Crippen molar-refractivity contribution in [3.63, 3.8) is 0 Å². The summed E-state index contributed by atoms with van der Waals surface area (Å²) in [5, 5.41) is 15.9. The van der Waals surface area contributed by atoms with Crippen LogP contribution in [-0.2, 0) is 29.0 Å². The van der Waals surface area contributed by atoms with E-state index in [1.54, 1.807) is 37.4 Å². The number of piperazine rings is 1. The molecule has 0 unspecified atom stereocenters. The SMILES string of the molecule is C[C@@H]1CC[C@H]2C(CN3CCN(c4ccc(C(=O)NS(=O)(=O)c5ccc(NCC6CCOCC6)c([N+](=O)[O-])c5)c(Oc5cnc6[nH]ccc6c5)c4)CC3)=C(C(F)(F)F)O[C@@H]3O[C@@]4(C)CC[C@@H]1[C@]32O4. The van der Waals surface area contributed by atoms with Crippen molar-refractivity contribution in [2.45, 2.75) is 81.1 Å². The van der Waals surface area contributed by atoms with E-state index in [1.165, 1.54) is 24.4 Å². The molecule has 4 saturated heterocycles. The molecular formula is C46H52F3N7O10S. The number of rotatable bonds is 12. The van der Waals surface area contributed by atoms with Gasteiger partial charge in [-0.3, -0.25) is 19.8 Å². The number of aromatic nitrogens is 2. The van der Waals surface area contributed by atoms with Crippen molar-refractivity contribution >= 4 is 44.0 Å². The molecule has 2 bridgehead atoms. The predicted octanol–water partition coefficient (Wildman–Crippen LogP) is 7.47. The summed E-state index contributed by atoms with van der Waals surface area (Å²) < 4.78 is 104. The Labute approximate surface area is 384 Å². The van der Waals surface area contributed by atoms with Gasteiger partial charge in [0.25, 0.3) is 21.6 Å². The Bertz CT molecular complexity index is 2720. The molecule has 1 spiro atoms. The van der Waals surface area contributed by atoms with Crippen molar-refractivity contribution in [2.75, 3.05) is 62.7 Å². The normalized spacial score (nSPS) is 27.9. The number of hydrogen-bond acceptors (Lipinski definition) is 14. The molecule has 10 rings (SSSR count). The molecule has 5 fully saturated rings. The lowest BCUT2D eigenvalue weighted by Gasteiger charge is -2.56. The number of H-pyrrole nitrogens is 1. The van der Waals surface area contributed by atoms with E-state index in [4.69, 9.17) is 23.7 Å². The number of fused-ring (bicyclic) bond motifs is 2. The van der Waals surface area contributed by atoms with Gasteiger partial charge in [-0.2, -0.15) is 13.2 Å². The summed E-state index contributed by atoms with van der Waals surface area (Å²) in [7, 11) is -4.64. The molecule has 7 heterocycles. The Hall–Kier alpha value is -5.48. The number of pyridine rings is 1. The molecule has 21 heteroatoms. The van der Waals surface area contributed by atoms with E-state index in [9.17, 15) is 36.5 Å². The number of aromatic amines is 1. The number of halogens is 3. The molecule has 6 aliphatic rings. The van der Waals surface area contributed by atoms with E-state index in [-0.39, 0.29) is 52.6 Å². The highest BCUT2D eigenvalue weighted by Crippen LogP contribution is 2.64. The van der Waals surface area contributed by atoms with E-state index in [0.29, 0.717) is 70.1 Å². The number of ether oxygens (including phenoxy) is 5. The number of sulfonamides is 1. The highest BCUT2D eigenvalue weighted by molar-refractivity contribution is 7.90. The average molecular weight is 952 g/mol. The monoisotopic (exact) mass is 951 g/mol. The average Bonchev–Trinajstić information content (AvgIpc) is 3.86. The van der Waals surface area contributed by atoms with Crippen LogP contribution in [0.2, 0.25) is 0 Å². The van der Waals surface area contributed by atoms with Crippen LogP contribution < -0.4 is 19.7 Å². The second kappa shape index (κ2) is 17.2. The third-order valence-corrected chi connectivity index (χ3v) is 15.8. The van der Waals surface area contributed by atoms with Crippen molar-refractivity contribution < 1.29 is 55.0 Å². The molecule has 6 atom stereocenters. The Morgan fingerprint density at radius 2 is 1.84 bits per heavy atom. The van der Waals surface area contributed by atoms with Gasteiger partial charge in [0.05, 0.1) is 21.6 Å². The fourth-order valence-corrected chi connectivity index (χ4v) is 12.1. The standard InChI is InChI=1S/C46H52F3N7O10S/c1-27-3-7-36-34(40(46(47,48)49)64-43-45(36)35(27)9-13-44(2,65-43)66-45)26-54-15-17-55(18-16-54)30-4-6-33(39(22-30)63-31-21-29-10-14-50-41(29)52-25-31)42(57)53-67(60,61)32-5-8-37(38(23-32)56(58)59)51-24-28-11-19-62-20-12-28/h4-6,8,10,14,21-23,25,27-28,35-36,43,51H,3,7,9,11-13,15-20,24,26H2,1-2H3,(H,50,52)(H,53,57)/t27-,35+,36+,43-,44-,45-/m1/s1. The van der Waals surface area contributed by atoms with Crippen LogP contribution in [0.15, 0.2) is 77.2 Å². The number of alkyl halides is 3. The van der Waals surface area contributed by atoms with Gasteiger partial charge < -0.3 is 38.9 Å². The number of nitro groups is 1. The van der Waals surface area contributed by atoms with Crippen LogP contribution in [0, 0.1) is 33.8 Å². The van der Waals surface area contributed by atoms with Crippen LogP contribution in [-0.4, -0.2) is 110 Å². The lowest BCUT2D eigenvalue weighted by molar-refractivity contribution is -0.384. The van der Waals surface area contributed by atoms with Crippen molar-refractivity contribution in [3.8, 4) is 11.5 Å². The smallest absolute Gasteiger partial charge is 0.449 e. The Kier molecular flexibility index (Phi) is 11.7. The molecule has 0 radical (unpaired) electrons. The molecular weight excluding hydrogens is 900 g/mol. The van der Waals surface area contributed by atoms with Crippen LogP contribution in [0.3, 0.4) is 0 Å². The lowest BCUT2D eigenvalue weighted by Crippen LogP contribution is -2.63. The Morgan fingerprint density at radius 3 is 2.60 bits per heavy atom. The largest absolute Gasteiger partial charge is 0.456 e. The summed E-state index contributed by atoms with van der Waals surface area (Å²) in [6, 6.07) is 11.6. The van der Waals surface area contributed by atoms with Gasteiger partial charge >= 0.3 is 6.18 Å². The number of nitro benzene ring substituents is 1. The number of anilines is 2. The maximum Gasteiger partial charge on any atom is 0.449 e. The van der Waals surface area contributed by atoms with Crippen LogP contribution in [0.25, 0.3) is 11.0 Å². The fourth-order valence-electron chi connectivity index (χ4n) is 11.1. The van der Waals surface area contributed by atoms with Crippen molar-refractivity contribution in [1.29, 1.82) is 0 Å². The molecule has 2 aromatic heterocycles. The first kappa shape index (κ1) is 45.3. The number of allylic oxidation sites excluding steroid dienone is 1. The number of carbonyl (C=O) groups is 1. The first-order chi connectivity index (χ1) is 32.0. The third kappa shape index (κ3) is 8.57. The zero-order valence-electron chi connectivity index (χ0n) is 37.0. The number of carbonyl (C=O) groups excluding carboxylic acids is 1. The molecule has 67 heavy (non-hydrogen) atoms. The Morgan fingerprint density at radius 1 is 1.04 bits per heavy atom. The van der Waals surface area contributed by atoms with Gasteiger partial charge in [-0.25, -0.2) is 18.1 Å². The zero-order chi connectivity index (χ0) is 46.9. The lowest BCUT2D eigenvalue weighted by atomic mass is 9.58. The molecule has 17 nitrogen and oxygen atoms in total. The van der Waals surface area contributed by atoms with E-state index in [2.05, 4.69) is 26.9 Å². The van der Waals surface area contributed by atoms with Crippen LogP contribution in [0.4, 0.5) is 30.2 Å². The number of nitrogens with zero attached hydrogens (tertiary/aromatic N) is 4. The van der Waals surface area contributed by atoms with Gasteiger partial charge in [0.1, 0.15) is 28.4 Å². The quantitative estimate of drug-likeness (QED) is 0.0933. The number of nitrogens with one attached hydrogen (secondary N) is 3. The third-order valence-electron chi connectivity index (χ3n) is 14.5. The van der Waals surface area contributed by atoms with Gasteiger partial charge in [-0.15, -0.1) is 0 Å². The van der Waals surface area contributed by atoms with E-state index < -0.39 is 67.0 Å². The molecule has 5 aliphatic heterocycles. The molecule has 4 aromatic rings. The number of benzene rings is 2. The summed E-state index contributed by atoms with van der Waals surface area (Å²) in [4.78, 5) is 36.3. The maximum absolute atomic E-state index is 14.9. The molecule has 2 aromatic carbocycles. The maximum atomic E-state index is 14.9. The topological polar surface area (TPSA) is 200 Å². The highest BCUT2D eigenvalue weighted by atomic mass is 32.2. The van der Waals surface area contributed by atoms with Crippen LogP contribution >= 0.6 is 0 Å². The number of amides is 1. The first-order valence-electron chi connectivity index (χ1n) is 22.7. The highest BCUT2D eigenvalue weighted by Gasteiger charge is 2.72. The summed E-state index contributed by atoms with van der Waals surface area (Å²) in [6.45, 7) is 7.20. The molecule has 1 aliphatic carbocycles. The zero-order valence-corrected chi connectivity index (χ0v) is 37.8. The minimum Gasteiger partial charge on any atom is -0.456 e. The van der Waals surface area contributed by atoms with E-state index >= 15 is 0 Å². The summed E-state index contributed by atoms with van der Waals surface area (Å²) in [5.41, 5.74) is -0.0517. The predicted molar refractivity (Wildman–Crippen MR) is 237 cm³/mol. The van der Waals surface area contributed by atoms with E-state index in [0.717, 1.165) is 37.1 Å². The second-order valence-corrected chi connectivity index (χ2v) is 20.4. The number of hydrogen-bond donors (Lipinski definition) is 3. The molecule has 3 N–H and O–H groups in total. The van der Waals surface area contributed by atoms with Crippen molar-refractivity contribution in [2.24, 2.45) is 23.7 Å². The van der Waals surface area contributed by atoms with Crippen LogP contribution in [0.1, 0.15) is 62.7 Å². The minimum atomic E-state index is -4.73. The van der Waals surface area contributed by atoms with Crippen molar-refractivity contribution in [3.05, 3.63) is 87.9 Å². The van der Waals surface area contributed by atoms with Crippen molar-refractivity contribution in [1.82, 2.24) is 19.6 Å². The molecule has 1 saturated carbocycles. The van der Waals surface area contributed by atoms with E-state index in [1.807, 2.05) is 9.80 Å². The van der Waals surface area contributed by atoms with Gasteiger partial charge in [0, 0.05) is 94.2 Å².